The minimum absolute atomic E-state index is 0.0785. The van der Waals surface area contributed by atoms with Gasteiger partial charge in [-0.15, -0.1) is 0 Å². The van der Waals surface area contributed by atoms with Crippen molar-refractivity contribution in [2.45, 2.75) is 63.5 Å². The van der Waals surface area contributed by atoms with Crippen LogP contribution in [-0.4, -0.2) is 36.0 Å². The average Bonchev–Trinajstić information content (AvgIpc) is 3.14. The van der Waals surface area contributed by atoms with Crippen molar-refractivity contribution in [2.24, 2.45) is 0 Å². The maximum atomic E-state index is 12.4. The van der Waals surface area contributed by atoms with Crippen LogP contribution in [0, 0.1) is 11.3 Å². The van der Waals surface area contributed by atoms with E-state index in [1.165, 1.54) is 6.92 Å². The summed E-state index contributed by atoms with van der Waals surface area (Å²) in [4.78, 5) is 38.3. The lowest BCUT2D eigenvalue weighted by Crippen LogP contribution is -2.52. The number of nitriles is 1. The Morgan fingerprint density at radius 1 is 1.18 bits per heavy atom. The number of ether oxygens (including phenoxy) is 1. The largest absolute Gasteiger partial charge is 0.449 e. The Balaban J connectivity index is 1.58. The summed E-state index contributed by atoms with van der Waals surface area (Å²) in [5.74, 6) is -0.998. The second-order valence-electron chi connectivity index (χ2n) is 7.49. The van der Waals surface area contributed by atoms with E-state index in [1.807, 2.05) is 0 Å². The molecular weight excluding hydrogens is 358 g/mol. The third kappa shape index (κ3) is 4.33. The first-order chi connectivity index (χ1) is 13.4. The van der Waals surface area contributed by atoms with Crippen LogP contribution in [0.4, 0.5) is 5.69 Å². The van der Waals surface area contributed by atoms with Gasteiger partial charge < -0.3 is 15.0 Å². The molecule has 1 saturated carbocycles. The third-order valence-electron chi connectivity index (χ3n) is 5.42. The Morgan fingerprint density at radius 2 is 1.86 bits per heavy atom. The summed E-state index contributed by atoms with van der Waals surface area (Å²) in [6, 6.07) is 8.81. The molecule has 3 rings (SSSR count). The topological polar surface area (TPSA) is 99.5 Å². The molecular formula is C21H25N3O4. The lowest BCUT2D eigenvalue weighted by atomic mass is 9.83. The summed E-state index contributed by atoms with van der Waals surface area (Å²) >= 11 is 0. The van der Waals surface area contributed by atoms with Crippen LogP contribution in [-0.2, 0) is 14.3 Å². The molecule has 28 heavy (non-hydrogen) atoms. The number of hydrogen-bond donors (Lipinski definition) is 1. The minimum Gasteiger partial charge on any atom is -0.449 e. The summed E-state index contributed by atoms with van der Waals surface area (Å²) in [5, 5.41) is 12.2. The van der Waals surface area contributed by atoms with Gasteiger partial charge in [0.1, 0.15) is 5.54 Å². The van der Waals surface area contributed by atoms with Crippen LogP contribution in [0.15, 0.2) is 24.3 Å². The number of rotatable bonds is 5. The molecule has 1 atom stereocenters. The van der Waals surface area contributed by atoms with Crippen molar-refractivity contribution in [2.75, 3.05) is 11.4 Å². The zero-order valence-corrected chi connectivity index (χ0v) is 16.1. The van der Waals surface area contributed by atoms with Crippen molar-refractivity contribution in [3.05, 3.63) is 29.8 Å². The molecule has 2 aliphatic rings. The maximum Gasteiger partial charge on any atom is 0.338 e. The van der Waals surface area contributed by atoms with Crippen LogP contribution in [0.2, 0.25) is 0 Å². The molecule has 1 aromatic carbocycles. The van der Waals surface area contributed by atoms with Crippen molar-refractivity contribution >= 4 is 23.5 Å². The van der Waals surface area contributed by atoms with Gasteiger partial charge in [0.15, 0.2) is 6.10 Å². The molecule has 1 aliphatic carbocycles. The molecule has 1 N–H and O–H groups in total. The van der Waals surface area contributed by atoms with Gasteiger partial charge in [-0.25, -0.2) is 4.79 Å². The van der Waals surface area contributed by atoms with E-state index in [0.717, 1.165) is 31.4 Å². The molecule has 7 nitrogen and oxygen atoms in total. The van der Waals surface area contributed by atoms with Gasteiger partial charge >= 0.3 is 5.97 Å². The van der Waals surface area contributed by atoms with E-state index in [4.69, 9.17) is 4.74 Å². The van der Waals surface area contributed by atoms with Crippen LogP contribution in [0.5, 0.6) is 0 Å². The zero-order chi connectivity index (χ0) is 20.1. The summed E-state index contributed by atoms with van der Waals surface area (Å²) < 4.78 is 5.27. The molecule has 1 aliphatic heterocycles. The smallest absolute Gasteiger partial charge is 0.338 e. The van der Waals surface area contributed by atoms with Crippen molar-refractivity contribution in [3.63, 3.8) is 0 Å². The Hall–Kier alpha value is -2.88. The Morgan fingerprint density at radius 3 is 2.43 bits per heavy atom. The number of esters is 1. The fourth-order valence-corrected chi connectivity index (χ4v) is 3.74. The lowest BCUT2D eigenvalue weighted by Gasteiger charge is -2.32. The summed E-state index contributed by atoms with van der Waals surface area (Å²) in [6.45, 7) is 2.18. The van der Waals surface area contributed by atoms with E-state index in [-0.39, 0.29) is 5.91 Å². The molecule has 0 aromatic heterocycles. The summed E-state index contributed by atoms with van der Waals surface area (Å²) in [7, 11) is 0. The van der Waals surface area contributed by atoms with Gasteiger partial charge in [0.05, 0.1) is 11.6 Å². The number of nitrogens with zero attached hydrogens (tertiary/aromatic N) is 2. The molecule has 148 valence electrons. The summed E-state index contributed by atoms with van der Waals surface area (Å²) in [5.41, 5.74) is 0.195. The Kier molecular flexibility index (Phi) is 5.98. The zero-order valence-electron chi connectivity index (χ0n) is 16.1. The number of nitrogens with one attached hydrogen (secondary N) is 1. The van der Waals surface area contributed by atoms with Crippen molar-refractivity contribution < 1.29 is 19.1 Å². The van der Waals surface area contributed by atoms with Gasteiger partial charge in [-0.2, -0.15) is 5.26 Å². The van der Waals surface area contributed by atoms with Crippen molar-refractivity contribution in [3.8, 4) is 6.07 Å². The van der Waals surface area contributed by atoms with Gasteiger partial charge in [0, 0.05) is 18.7 Å². The molecule has 0 radical (unpaired) electrons. The quantitative estimate of drug-likeness (QED) is 0.788. The SMILES string of the molecule is C[C@H](OC(=O)c1ccc(N2CCCC2=O)cc1)C(=O)NC1(C#N)CCCCC1. The van der Waals surface area contributed by atoms with E-state index >= 15 is 0 Å². The van der Waals surface area contributed by atoms with Gasteiger partial charge in [0.2, 0.25) is 5.91 Å². The van der Waals surface area contributed by atoms with E-state index in [9.17, 15) is 19.6 Å². The van der Waals surface area contributed by atoms with E-state index in [2.05, 4.69) is 11.4 Å². The normalized spacial score (nSPS) is 19.6. The molecule has 1 aromatic rings. The minimum atomic E-state index is -1.00. The predicted molar refractivity (Wildman–Crippen MR) is 102 cm³/mol. The highest BCUT2D eigenvalue weighted by atomic mass is 16.5. The highest BCUT2D eigenvalue weighted by Gasteiger charge is 2.35. The standard InChI is InChI=1S/C21H25N3O4/c1-15(19(26)23-21(14-22)11-3-2-4-12-21)28-20(27)16-7-9-17(10-8-16)24-13-5-6-18(24)25/h7-10,15H,2-6,11-13H2,1H3,(H,23,26)/t15-/m0/s1. The number of carbonyl (C=O) groups excluding carboxylic acids is 3. The predicted octanol–water partition coefficient (Wildman–Crippen LogP) is 2.70. The molecule has 0 spiro atoms. The molecule has 7 heteroatoms. The number of amides is 2. The number of carbonyl (C=O) groups is 3. The number of benzene rings is 1. The van der Waals surface area contributed by atoms with Crippen LogP contribution in [0.3, 0.4) is 0 Å². The maximum absolute atomic E-state index is 12.4. The second-order valence-corrected chi connectivity index (χ2v) is 7.49. The van der Waals surface area contributed by atoms with Crippen LogP contribution >= 0.6 is 0 Å². The monoisotopic (exact) mass is 383 g/mol. The molecule has 0 unspecified atom stereocenters. The first-order valence-corrected chi connectivity index (χ1v) is 9.79. The highest BCUT2D eigenvalue weighted by Crippen LogP contribution is 2.28. The lowest BCUT2D eigenvalue weighted by molar-refractivity contribution is -0.130. The molecule has 1 saturated heterocycles. The first-order valence-electron chi connectivity index (χ1n) is 9.79. The summed E-state index contributed by atoms with van der Waals surface area (Å²) in [6.07, 6.45) is 4.46. The van der Waals surface area contributed by atoms with Gasteiger partial charge in [-0.3, -0.25) is 9.59 Å². The third-order valence-corrected chi connectivity index (χ3v) is 5.42. The molecule has 2 fully saturated rings. The van der Waals surface area contributed by atoms with Crippen LogP contribution in [0.1, 0.15) is 62.2 Å². The highest BCUT2D eigenvalue weighted by molar-refractivity contribution is 5.96. The van der Waals surface area contributed by atoms with Crippen molar-refractivity contribution in [1.29, 1.82) is 5.26 Å². The van der Waals surface area contributed by atoms with Crippen LogP contribution in [0.25, 0.3) is 0 Å². The number of hydrogen-bond acceptors (Lipinski definition) is 5. The number of anilines is 1. The van der Waals surface area contributed by atoms with Gasteiger partial charge in [-0.1, -0.05) is 19.3 Å². The fourth-order valence-electron chi connectivity index (χ4n) is 3.74. The van der Waals surface area contributed by atoms with Crippen molar-refractivity contribution in [1.82, 2.24) is 5.32 Å². The fraction of sp³-hybridized carbons (Fsp3) is 0.524. The Bertz CT molecular complexity index is 791. The average molecular weight is 383 g/mol. The van der Waals surface area contributed by atoms with E-state index < -0.39 is 23.5 Å². The molecule has 0 bridgehead atoms. The van der Waals surface area contributed by atoms with Crippen LogP contribution < -0.4 is 10.2 Å². The van der Waals surface area contributed by atoms with E-state index in [0.29, 0.717) is 31.4 Å². The second kappa shape index (κ2) is 8.42. The van der Waals surface area contributed by atoms with Gasteiger partial charge in [-0.05, 0) is 50.5 Å². The molecule has 2 amide bonds. The first kappa shape index (κ1) is 19.9. The van der Waals surface area contributed by atoms with E-state index in [1.54, 1.807) is 29.2 Å². The Labute approximate surface area is 164 Å². The van der Waals surface area contributed by atoms with Gasteiger partial charge in [0.25, 0.3) is 5.91 Å². The molecule has 1 heterocycles.